The van der Waals surface area contributed by atoms with Crippen LogP contribution in [0.15, 0.2) is 36.7 Å². The van der Waals surface area contributed by atoms with Crippen molar-refractivity contribution in [1.29, 1.82) is 0 Å². The maximum Gasteiger partial charge on any atom is 0.257 e. The molecular formula is C35H50N8O7. The molecule has 4 atom stereocenters. The van der Waals surface area contributed by atoms with Gasteiger partial charge in [-0.2, -0.15) is 0 Å². The Labute approximate surface area is 293 Å². The molecule has 2 aliphatic rings. The highest BCUT2D eigenvalue weighted by Gasteiger charge is 2.33. The number of methoxy groups -OCH3 is 1. The third-order valence-corrected chi connectivity index (χ3v) is 8.69. The number of rotatable bonds is 8. The molecule has 0 radical (unpaired) electrons. The first-order valence-corrected chi connectivity index (χ1v) is 17.1. The van der Waals surface area contributed by atoms with Crippen molar-refractivity contribution in [3.63, 3.8) is 0 Å². The Morgan fingerprint density at radius 2 is 1.54 bits per heavy atom. The number of aromatic nitrogens is 2. The zero-order chi connectivity index (χ0) is 36.4. The molecule has 4 rings (SSSR count). The van der Waals surface area contributed by atoms with Crippen LogP contribution in [-0.2, 0) is 30.3 Å². The minimum absolute atomic E-state index is 0.00836. The Balaban J connectivity index is 1.63. The van der Waals surface area contributed by atoms with Gasteiger partial charge in [0.25, 0.3) is 5.91 Å². The Morgan fingerprint density at radius 1 is 0.900 bits per heavy atom. The number of ether oxygens (including phenoxy) is 2. The maximum absolute atomic E-state index is 13.9. The molecule has 5 amide bonds. The largest absolute Gasteiger partial charge is 0.497 e. The SMILES string of the molecule is COc1ccc(C[C@@H]2NC(=O)[C@H](CC(C)C)NC(=O)CN(C(=O)c3cnc(N4CCOCC4)nc3)C[C@H](C(C)C)NC(=O)[C@@H](C)NC2=O)cc1. The quantitative estimate of drug-likeness (QED) is 0.307. The van der Waals surface area contributed by atoms with Crippen LogP contribution in [0, 0.1) is 11.8 Å². The average Bonchev–Trinajstić information content (AvgIpc) is 3.10. The van der Waals surface area contributed by atoms with E-state index in [1.165, 1.54) is 17.3 Å². The number of hydrogen-bond donors (Lipinski definition) is 4. The van der Waals surface area contributed by atoms with E-state index < -0.39 is 60.2 Å². The van der Waals surface area contributed by atoms with Gasteiger partial charge in [-0.05, 0) is 42.9 Å². The van der Waals surface area contributed by atoms with Crippen LogP contribution in [0.25, 0.3) is 0 Å². The first kappa shape index (κ1) is 38.0. The summed E-state index contributed by atoms with van der Waals surface area (Å²) in [6.07, 6.45) is 3.25. The van der Waals surface area contributed by atoms with E-state index in [0.29, 0.717) is 38.0 Å². The summed E-state index contributed by atoms with van der Waals surface area (Å²) in [5.41, 5.74) is 0.918. The molecule has 4 N–H and O–H groups in total. The molecule has 1 aromatic carbocycles. The smallest absolute Gasteiger partial charge is 0.257 e. The second-order valence-electron chi connectivity index (χ2n) is 13.5. The van der Waals surface area contributed by atoms with Crippen LogP contribution in [0.2, 0.25) is 0 Å². The summed E-state index contributed by atoms with van der Waals surface area (Å²) in [5, 5.41) is 11.3. The van der Waals surface area contributed by atoms with Gasteiger partial charge in [-0.1, -0.05) is 39.8 Å². The van der Waals surface area contributed by atoms with Crippen LogP contribution in [0.4, 0.5) is 5.95 Å². The lowest BCUT2D eigenvalue weighted by Crippen LogP contribution is -2.57. The fourth-order valence-corrected chi connectivity index (χ4v) is 5.70. The summed E-state index contributed by atoms with van der Waals surface area (Å²) in [7, 11) is 1.55. The van der Waals surface area contributed by atoms with Gasteiger partial charge in [-0.15, -0.1) is 0 Å². The number of hydrogen-bond acceptors (Lipinski definition) is 10. The van der Waals surface area contributed by atoms with Crippen molar-refractivity contribution in [2.45, 2.75) is 71.6 Å². The first-order valence-electron chi connectivity index (χ1n) is 17.1. The van der Waals surface area contributed by atoms with E-state index in [9.17, 15) is 24.0 Å². The molecule has 2 aliphatic heterocycles. The number of nitrogens with one attached hydrogen (secondary N) is 4. The van der Waals surface area contributed by atoms with Gasteiger partial charge in [0.1, 0.15) is 23.9 Å². The van der Waals surface area contributed by atoms with Crippen molar-refractivity contribution < 1.29 is 33.4 Å². The average molecular weight is 695 g/mol. The van der Waals surface area contributed by atoms with Gasteiger partial charge in [0, 0.05) is 44.5 Å². The zero-order valence-corrected chi connectivity index (χ0v) is 29.7. The second-order valence-corrected chi connectivity index (χ2v) is 13.5. The molecule has 3 heterocycles. The van der Waals surface area contributed by atoms with Crippen molar-refractivity contribution in [3.8, 4) is 5.75 Å². The van der Waals surface area contributed by atoms with E-state index >= 15 is 0 Å². The number of carbonyl (C=O) groups excluding carboxylic acids is 5. The van der Waals surface area contributed by atoms with Crippen LogP contribution < -0.4 is 30.9 Å². The molecular weight excluding hydrogens is 644 g/mol. The zero-order valence-electron chi connectivity index (χ0n) is 29.7. The van der Waals surface area contributed by atoms with E-state index in [4.69, 9.17) is 9.47 Å². The van der Waals surface area contributed by atoms with E-state index in [1.54, 1.807) is 38.3 Å². The van der Waals surface area contributed by atoms with Crippen molar-refractivity contribution in [2.75, 3.05) is 51.4 Å². The Hall–Kier alpha value is -4.79. The number of anilines is 1. The van der Waals surface area contributed by atoms with Gasteiger partial charge in [-0.3, -0.25) is 24.0 Å². The lowest BCUT2D eigenvalue weighted by atomic mass is 10.0. The molecule has 272 valence electrons. The standard InChI is InChI=1S/C35H50N8O7/c1-21(2)15-27-33(47)40-28(16-24-7-9-26(49-6)10-8-24)32(46)38-23(5)31(45)41-29(22(3)4)19-43(20-30(44)39-27)34(48)25-17-36-35(37-18-25)42-11-13-50-14-12-42/h7-10,17-18,21-23,27-29H,11-16,19-20H2,1-6H3,(H,38,46)(H,39,44)(H,40,47)(H,41,45)/t23-,27+,28+,29-/m1/s1. The highest BCUT2D eigenvalue weighted by atomic mass is 16.5. The van der Waals surface area contributed by atoms with Gasteiger partial charge in [0.05, 0.1) is 32.4 Å². The summed E-state index contributed by atoms with van der Waals surface area (Å²) < 4.78 is 10.6. The fraction of sp³-hybridized carbons (Fsp3) is 0.571. The third-order valence-electron chi connectivity index (χ3n) is 8.69. The lowest BCUT2D eigenvalue weighted by molar-refractivity contribution is -0.133. The van der Waals surface area contributed by atoms with Crippen LogP contribution >= 0.6 is 0 Å². The maximum atomic E-state index is 13.9. The molecule has 1 aromatic heterocycles. The topological polar surface area (TPSA) is 184 Å². The van der Waals surface area contributed by atoms with Crippen LogP contribution in [-0.4, -0.2) is 115 Å². The van der Waals surface area contributed by atoms with Crippen molar-refractivity contribution in [2.24, 2.45) is 11.8 Å². The van der Waals surface area contributed by atoms with Gasteiger partial charge < -0.3 is 40.5 Å². The molecule has 15 heteroatoms. The van der Waals surface area contributed by atoms with Crippen LogP contribution in [0.1, 0.15) is 57.0 Å². The molecule has 0 unspecified atom stereocenters. The molecule has 0 spiro atoms. The number of nitrogens with zero attached hydrogens (tertiary/aromatic N) is 4. The molecule has 2 saturated heterocycles. The second kappa shape index (κ2) is 17.7. The normalized spacial score (nSPS) is 23.0. The number of morpholine rings is 1. The van der Waals surface area contributed by atoms with Gasteiger partial charge >= 0.3 is 0 Å². The summed E-state index contributed by atoms with van der Waals surface area (Å²) in [5.74, 6) is -1.71. The number of benzene rings is 1. The molecule has 0 bridgehead atoms. The van der Waals surface area contributed by atoms with Crippen LogP contribution in [0.3, 0.4) is 0 Å². The van der Waals surface area contributed by atoms with E-state index in [2.05, 4.69) is 31.2 Å². The van der Waals surface area contributed by atoms with E-state index in [1.807, 2.05) is 32.6 Å². The number of amides is 5. The van der Waals surface area contributed by atoms with Gasteiger partial charge in [0.15, 0.2) is 0 Å². The molecule has 2 aromatic rings. The Morgan fingerprint density at radius 3 is 2.14 bits per heavy atom. The Bertz CT molecular complexity index is 1480. The highest BCUT2D eigenvalue weighted by molar-refractivity contribution is 5.98. The lowest BCUT2D eigenvalue weighted by Gasteiger charge is -2.31. The fourth-order valence-electron chi connectivity index (χ4n) is 5.70. The molecule has 0 saturated carbocycles. The van der Waals surface area contributed by atoms with E-state index in [-0.39, 0.29) is 36.8 Å². The molecule has 0 aliphatic carbocycles. The van der Waals surface area contributed by atoms with Crippen molar-refractivity contribution >= 4 is 35.5 Å². The number of carbonyl (C=O) groups is 5. The highest BCUT2D eigenvalue weighted by Crippen LogP contribution is 2.16. The summed E-state index contributed by atoms with van der Waals surface area (Å²) >= 11 is 0. The monoisotopic (exact) mass is 694 g/mol. The summed E-state index contributed by atoms with van der Waals surface area (Å²) in [6.45, 7) is 11.1. The predicted octanol–water partition coefficient (Wildman–Crippen LogP) is 0.682. The van der Waals surface area contributed by atoms with Crippen molar-refractivity contribution in [3.05, 3.63) is 47.8 Å². The van der Waals surface area contributed by atoms with Crippen molar-refractivity contribution in [1.82, 2.24) is 36.1 Å². The third kappa shape index (κ3) is 10.6. The predicted molar refractivity (Wildman–Crippen MR) is 185 cm³/mol. The molecule has 50 heavy (non-hydrogen) atoms. The summed E-state index contributed by atoms with van der Waals surface area (Å²) in [4.78, 5) is 80.5. The summed E-state index contributed by atoms with van der Waals surface area (Å²) in [6, 6.07) is 3.48. The minimum atomic E-state index is -1.05. The van der Waals surface area contributed by atoms with E-state index in [0.717, 1.165) is 5.56 Å². The Kier molecular flexibility index (Phi) is 13.5. The van der Waals surface area contributed by atoms with Gasteiger partial charge in [-0.25, -0.2) is 9.97 Å². The molecule has 2 fully saturated rings. The first-order chi connectivity index (χ1) is 23.8. The van der Waals surface area contributed by atoms with Crippen LogP contribution in [0.5, 0.6) is 5.75 Å². The van der Waals surface area contributed by atoms with Gasteiger partial charge in [0.2, 0.25) is 29.6 Å². The molecule has 15 nitrogen and oxygen atoms in total. The minimum Gasteiger partial charge on any atom is -0.497 e.